The first-order chi connectivity index (χ1) is 9.67. The summed E-state index contributed by atoms with van der Waals surface area (Å²) in [6.07, 6.45) is 4.12. The molecule has 0 aromatic heterocycles. The van der Waals surface area contributed by atoms with Crippen LogP contribution in [0.25, 0.3) is 0 Å². The molecule has 112 valence electrons. The van der Waals surface area contributed by atoms with E-state index in [9.17, 15) is 0 Å². The fourth-order valence-electron chi connectivity index (χ4n) is 2.92. The second-order valence-corrected chi connectivity index (χ2v) is 6.05. The smallest absolute Gasteiger partial charge is 0.0797 e. The number of ether oxygens (including phenoxy) is 1. The summed E-state index contributed by atoms with van der Waals surface area (Å²) in [6, 6.07) is 7.10. The average Bonchev–Trinajstić information content (AvgIpc) is 3.26. The second kappa shape index (κ2) is 7.24. The third-order valence-corrected chi connectivity index (χ3v) is 4.16. The van der Waals surface area contributed by atoms with Gasteiger partial charge >= 0.3 is 0 Å². The number of aryl methyl sites for hydroxylation is 2. The second-order valence-electron chi connectivity index (χ2n) is 6.05. The van der Waals surface area contributed by atoms with Gasteiger partial charge in [0.1, 0.15) is 0 Å². The molecule has 0 saturated heterocycles. The van der Waals surface area contributed by atoms with Crippen LogP contribution in [0.1, 0.15) is 55.8 Å². The lowest BCUT2D eigenvalue weighted by Gasteiger charge is -2.30. The van der Waals surface area contributed by atoms with E-state index in [1.165, 1.54) is 29.5 Å². The maximum Gasteiger partial charge on any atom is 0.0797 e. The number of benzene rings is 1. The molecule has 2 heteroatoms. The Hall–Kier alpha value is -0.860. The average molecular weight is 275 g/mol. The van der Waals surface area contributed by atoms with Gasteiger partial charge in [0.15, 0.2) is 0 Å². The van der Waals surface area contributed by atoms with Crippen molar-refractivity contribution in [3.63, 3.8) is 0 Å². The van der Waals surface area contributed by atoms with Gasteiger partial charge in [0.25, 0.3) is 0 Å². The van der Waals surface area contributed by atoms with E-state index in [2.05, 4.69) is 51.2 Å². The van der Waals surface area contributed by atoms with Crippen LogP contribution in [-0.4, -0.2) is 19.3 Å². The minimum atomic E-state index is 0.326. The molecule has 0 aliphatic heterocycles. The van der Waals surface area contributed by atoms with Crippen molar-refractivity contribution < 1.29 is 4.74 Å². The van der Waals surface area contributed by atoms with Crippen molar-refractivity contribution in [1.29, 1.82) is 0 Å². The summed E-state index contributed by atoms with van der Waals surface area (Å²) < 4.78 is 6.11. The minimum absolute atomic E-state index is 0.326. The molecule has 1 aromatic rings. The van der Waals surface area contributed by atoms with Crippen LogP contribution in [0.5, 0.6) is 0 Å². The largest absolute Gasteiger partial charge is 0.376 e. The third-order valence-electron chi connectivity index (χ3n) is 4.16. The summed E-state index contributed by atoms with van der Waals surface area (Å²) in [5, 5.41) is 3.74. The van der Waals surface area contributed by atoms with Crippen molar-refractivity contribution in [2.24, 2.45) is 5.92 Å². The van der Waals surface area contributed by atoms with Crippen molar-refractivity contribution in [2.45, 2.75) is 59.1 Å². The van der Waals surface area contributed by atoms with Gasteiger partial charge in [-0.1, -0.05) is 30.7 Å². The summed E-state index contributed by atoms with van der Waals surface area (Å²) in [5.74, 6) is 0.740. The molecule has 2 rings (SSSR count). The first-order valence-corrected chi connectivity index (χ1v) is 8.09. The lowest BCUT2D eigenvalue weighted by atomic mass is 9.92. The van der Waals surface area contributed by atoms with Gasteiger partial charge in [-0.2, -0.15) is 0 Å². The highest BCUT2D eigenvalue weighted by Gasteiger charge is 2.38. The van der Waals surface area contributed by atoms with Crippen molar-refractivity contribution in [2.75, 3.05) is 13.2 Å². The van der Waals surface area contributed by atoms with E-state index in [0.29, 0.717) is 12.1 Å². The predicted molar refractivity (Wildman–Crippen MR) is 85.1 cm³/mol. The predicted octanol–water partition coefficient (Wildman–Crippen LogP) is 4.16. The maximum absolute atomic E-state index is 6.11. The Morgan fingerprint density at radius 2 is 2.00 bits per heavy atom. The highest BCUT2D eigenvalue weighted by atomic mass is 16.5. The Kier molecular flexibility index (Phi) is 5.62. The summed E-state index contributed by atoms with van der Waals surface area (Å²) in [7, 11) is 0. The Labute approximate surface area is 123 Å². The van der Waals surface area contributed by atoms with Crippen molar-refractivity contribution in [3.8, 4) is 0 Å². The first-order valence-electron chi connectivity index (χ1n) is 8.09. The minimum Gasteiger partial charge on any atom is -0.376 e. The van der Waals surface area contributed by atoms with Gasteiger partial charge in [0.05, 0.1) is 12.1 Å². The highest BCUT2D eigenvalue weighted by molar-refractivity contribution is 5.34. The highest BCUT2D eigenvalue weighted by Crippen LogP contribution is 2.40. The molecule has 1 N–H and O–H groups in total. The zero-order valence-electron chi connectivity index (χ0n) is 13.4. The molecule has 1 aliphatic rings. The lowest BCUT2D eigenvalue weighted by Crippen LogP contribution is -2.36. The molecule has 2 atom stereocenters. The van der Waals surface area contributed by atoms with Gasteiger partial charge < -0.3 is 10.1 Å². The van der Waals surface area contributed by atoms with Crippen LogP contribution in [0.4, 0.5) is 0 Å². The van der Waals surface area contributed by atoms with Gasteiger partial charge in [-0.15, -0.1) is 0 Å². The lowest BCUT2D eigenvalue weighted by molar-refractivity contribution is 0.0184. The zero-order valence-corrected chi connectivity index (χ0v) is 13.4. The van der Waals surface area contributed by atoms with E-state index in [1.807, 2.05) is 0 Å². The summed E-state index contributed by atoms with van der Waals surface area (Å²) in [6.45, 7) is 10.6. The molecule has 0 radical (unpaired) electrons. The summed E-state index contributed by atoms with van der Waals surface area (Å²) >= 11 is 0. The fraction of sp³-hybridized carbons (Fsp3) is 0.667. The Morgan fingerprint density at radius 3 is 2.60 bits per heavy atom. The fourth-order valence-corrected chi connectivity index (χ4v) is 2.92. The molecule has 0 bridgehead atoms. The standard InChI is InChI=1S/C18H29NO/c1-5-11-19-17(18(20-6-2)15-9-10-15)16-12-13(3)7-8-14(16)4/h7-8,12,15,17-19H,5-6,9-11H2,1-4H3. The Balaban J connectivity index is 2.26. The maximum atomic E-state index is 6.11. The number of rotatable bonds is 8. The van der Waals surface area contributed by atoms with Crippen LogP contribution in [0.2, 0.25) is 0 Å². The Morgan fingerprint density at radius 1 is 1.25 bits per heavy atom. The number of nitrogens with one attached hydrogen (secondary N) is 1. The van der Waals surface area contributed by atoms with E-state index in [0.717, 1.165) is 25.5 Å². The van der Waals surface area contributed by atoms with Crippen LogP contribution in [-0.2, 0) is 4.74 Å². The van der Waals surface area contributed by atoms with E-state index in [-0.39, 0.29) is 0 Å². The van der Waals surface area contributed by atoms with Gasteiger partial charge in [-0.25, -0.2) is 0 Å². The molecule has 2 nitrogen and oxygen atoms in total. The molecule has 1 saturated carbocycles. The van der Waals surface area contributed by atoms with E-state index >= 15 is 0 Å². The van der Waals surface area contributed by atoms with Crippen LogP contribution >= 0.6 is 0 Å². The monoisotopic (exact) mass is 275 g/mol. The third kappa shape index (κ3) is 3.83. The molecular formula is C18H29NO. The summed E-state index contributed by atoms with van der Waals surface area (Å²) in [5.41, 5.74) is 4.12. The molecule has 0 heterocycles. The molecule has 2 unspecified atom stereocenters. The van der Waals surface area contributed by atoms with E-state index in [4.69, 9.17) is 4.74 Å². The quantitative estimate of drug-likeness (QED) is 0.769. The van der Waals surface area contributed by atoms with Crippen LogP contribution < -0.4 is 5.32 Å². The summed E-state index contributed by atoms with van der Waals surface area (Å²) in [4.78, 5) is 0. The molecule has 1 aliphatic carbocycles. The molecule has 0 spiro atoms. The van der Waals surface area contributed by atoms with Crippen molar-refractivity contribution >= 4 is 0 Å². The van der Waals surface area contributed by atoms with Gasteiger partial charge in [0.2, 0.25) is 0 Å². The van der Waals surface area contributed by atoms with Gasteiger partial charge in [0, 0.05) is 6.61 Å². The van der Waals surface area contributed by atoms with Gasteiger partial charge in [-0.3, -0.25) is 0 Å². The van der Waals surface area contributed by atoms with Crippen molar-refractivity contribution in [1.82, 2.24) is 5.32 Å². The molecule has 1 fully saturated rings. The van der Waals surface area contributed by atoms with Crippen LogP contribution in [0, 0.1) is 19.8 Å². The SMILES string of the molecule is CCCNC(c1cc(C)ccc1C)C(OCC)C1CC1. The number of hydrogen-bond donors (Lipinski definition) is 1. The molecule has 1 aromatic carbocycles. The number of hydrogen-bond acceptors (Lipinski definition) is 2. The topological polar surface area (TPSA) is 21.3 Å². The van der Waals surface area contributed by atoms with Crippen LogP contribution in [0.15, 0.2) is 18.2 Å². The zero-order chi connectivity index (χ0) is 14.5. The molecule has 20 heavy (non-hydrogen) atoms. The van der Waals surface area contributed by atoms with Crippen molar-refractivity contribution in [3.05, 3.63) is 34.9 Å². The van der Waals surface area contributed by atoms with Crippen LogP contribution in [0.3, 0.4) is 0 Å². The molecular weight excluding hydrogens is 246 g/mol. The van der Waals surface area contributed by atoms with E-state index < -0.39 is 0 Å². The normalized spacial score (nSPS) is 18.0. The molecule has 0 amide bonds. The van der Waals surface area contributed by atoms with E-state index in [1.54, 1.807) is 0 Å². The first kappa shape index (κ1) is 15.5. The van der Waals surface area contributed by atoms with Gasteiger partial charge in [-0.05, 0) is 63.6 Å². The Bertz CT molecular complexity index is 425.